The Morgan fingerprint density at radius 3 is 3.06 bits per heavy atom. The maximum Gasteiger partial charge on any atom is 0.0954 e. The predicted octanol–water partition coefficient (Wildman–Crippen LogP) is 3.73. The second kappa shape index (κ2) is 5.25. The molecule has 1 aromatic carbocycles. The van der Waals surface area contributed by atoms with Crippen molar-refractivity contribution in [3.8, 4) is 0 Å². The first-order valence-electron chi connectivity index (χ1n) is 5.49. The average Bonchev–Trinajstić information content (AvgIpc) is 2.59. The third kappa shape index (κ3) is 2.81. The summed E-state index contributed by atoms with van der Waals surface area (Å²) >= 11 is 5.22. The van der Waals surface area contributed by atoms with Crippen LogP contribution in [0.4, 0.5) is 0 Å². The Bertz CT molecular complexity index is 481. The average molecular weight is 299 g/mol. The number of hydrogen-bond donors (Lipinski definition) is 1. The fraction of sp³-hybridized carbons (Fsp3) is 0.417. The number of nitrogens with two attached hydrogens (primary N) is 1. The molecule has 0 saturated heterocycles. The summed E-state index contributed by atoms with van der Waals surface area (Å²) in [7, 11) is 0. The van der Waals surface area contributed by atoms with Gasteiger partial charge in [0.1, 0.15) is 0 Å². The number of hydrogen-bond acceptors (Lipinski definition) is 3. The molecule has 2 nitrogen and oxygen atoms in total. The highest BCUT2D eigenvalue weighted by Crippen LogP contribution is 2.26. The van der Waals surface area contributed by atoms with E-state index in [0.717, 1.165) is 34.3 Å². The molecule has 0 spiro atoms. The lowest BCUT2D eigenvalue weighted by atomic mass is 10.1. The molecule has 0 aliphatic rings. The second-order valence-electron chi connectivity index (χ2n) is 3.97. The molecule has 1 unspecified atom stereocenters. The molecule has 16 heavy (non-hydrogen) atoms. The van der Waals surface area contributed by atoms with E-state index >= 15 is 0 Å². The number of nitrogens with zero attached hydrogens (tertiary/aromatic N) is 1. The van der Waals surface area contributed by atoms with Gasteiger partial charge in [0.2, 0.25) is 0 Å². The van der Waals surface area contributed by atoms with Gasteiger partial charge in [-0.15, -0.1) is 11.3 Å². The summed E-state index contributed by atoms with van der Waals surface area (Å²) < 4.78 is 2.33. The Balaban J connectivity index is 2.19. The molecular formula is C12H15BrN2S. The number of halogens is 1. The smallest absolute Gasteiger partial charge is 0.0954 e. The first-order valence-corrected chi connectivity index (χ1v) is 7.10. The summed E-state index contributed by atoms with van der Waals surface area (Å²) in [6.45, 7) is 2.16. The molecule has 1 heterocycles. The Morgan fingerprint density at radius 1 is 1.50 bits per heavy atom. The van der Waals surface area contributed by atoms with E-state index in [2.05, 4.69) is 33.9 Å². The Kier molecular flexibility index (Phi) is 3.95. The van der Waals surface area contributed by atoms with E-state index in [-0.39, 0.29) is 6.04 Å². The highest BCUT2D eigenvalue weighted by atomic mass is 79.9. The van der Waals surface area contributed by atoms with E-state index in [1.165, 1.54) is 4.70 Å². The molecule has 2 rings (SSSR count). The highest BCUT2D eigenvalue weighted by molar-refractivity contribution is 9.10. The summed E-state index contributed by atoms with van der Waals surface area (Å²) in [4.78, 5) is 4.59. The maximum atomic E-state index is 6.03. The van der Waals surface area contributed by atoms with Crippen molar-refractivity contribution in [2.75, 3.05) is 0 Å². The molecule has 0 aliphatic heterocycles. The Labute approximate surface area is 108 Å². The predicted molar refractivity (Wildman–Crippen MR) is 73.9 cm³/mol. The van der Waals surface area contributed by atoms with Crippen LogP contribution in [-0.2, 0) is 6.42 Å². The van der Waals surface area contributed by atoms with Crippen LogP contribution < -0.4 is 5.73 Å². The van der Waals surface area contributed by atoms with Crippen molar-refractivity contribution in [3.63, 3.8) is 0 Å². The van der Waals surface area contributed by atoms with Gasteiger partial charge in [0.25, 0.3) is 0 Å². The number of thiazole rings is 1. The van der Waals surface area contributed by atoms with Gasteiger partial charge >= 0.3 is 0 Å². The SMILES string of the molecule is CCCC(N)Cc1nc2ccc(Br)cc2s1. The van der Waals surface area contributed by atoms with Crippen molar-refractivity contribution in [1.82, 2.24) is 4.98 Å². The van der Waals surface area contributed by atoms with Gasteiger partial charge in [-0.25, -0.2) is 4.98 Å². The van der Waals surface area contributed by atoms with E-state index in [4.69, 9.17) is 5.73 Å². The van der Waals surface area contributed by atoms with Crippen LogP contribution in [0.1, 0.15) is 24.8 Å². The van der Waals surface area contributed by atoms with Gasteiger partial charge in [0.05, 0.1) is 15.2 Å². The summed E-state index contributed by atoms with van der Waals surface area (Å²) in [5, 5.41) is 1.15. The minimum absolute atomic E-state index is 0.244. The van der Waals surface area contributed by atoms with Gasteiger partial charge in [-0.05, 0) is 24.6 Å². The van der Waals surface area contributed by atoms with Crippen molar-refractivity contribution >= 4 is 37.5 Å². The van der Waals surface area contributed by atoms with E-state index in [9.17, 15) is 0 Å². The number of rotatable bonds is 4. The van der Waals surface area contributed by atoms with Crippen LogP contribution in [0.5, 0.6) is 0 Å². The van der Waals surface area contributed by atoms with Crippen molar-refractivity contribution < 1.29 is 0 Å². The second-order valence-corrected chi connectivity index (χ2v) is 6.00. The van der Waals surface area contributed by atoms with Gasteiger partial charge in [-0.3, -0.25) is 0 Å². The minimum Gasteiger partial charge on any atom is -0.327 e. The lowest BCUT2D eigenvalue weighted by Crippen LogP contribution is -2.22. The monoisotopic (exact) mass is 298 g/mol. The first kappa shape index (κ1) is 12.0. The van der Waals surface area contributed by atoms with E-state index < -0.39 is 0 Å². The number of fused-ring (bicyclic) bond motifs is 1. The maximum absolute atomic E-state index is 6.03. The fourth-order valence-corrected chi connectivity index (χ4v) is 3.34. The molecule has 0 bridgehead atoms. The number of aromatic nitrogens is 1. The molecule has 2 N–H and O–H groups in total. The van der Waals surface area contributed by atoms with Crippen molar-refractivity contribution in [1.29, 1.82) is 0 Å². The largest absolute Gasteiger partial charge is 0.327 e. The zero-order valence-electron chi connectivity index (χ0n) is 9.24. The van der Waals surface area contributed by atoms with Crippen LogP contribution in [0, 0.1) is 0 Å². The Hall–Kier alpha value is -0.450. The molecule has 0 amide bonds. The zero-order valence-corrected chi connectivity index (χ0v) is 11.6. The summed E-state index contributed by atoms with van der Waals surface area (Å²) in [6.07, 6.45) is 3.10. The van der Waals surface area contributed by atoms with Crippen molar-refractivity contribution in [3.05, 3.63) is 27.7 Å². The van der Waals surface area contributed by atoms with Crippen LogP contribution in [0.3, 0.4) is 0 Å². The van der Waals surface area contributed by atoms with Gasteiger partial charge in [-0.2, -0.15) is 0 Å². The quantitative estimate of drug-likeness (QED) is 0.934. The van der Waals surface area contributed by atoms with E-state index in [1.807, 2.05) is 12.1 Å². The third-order valence-electron chi connectivity index (χ3n) is 2.49. The molecule has 0 saturated carbocycles. The van der Waals surface area contributed by atoms with Crippen LogP contribution in [0.2, 0.25) is 0 Å². The summed E-state index contributed by atoms with van der Waals surface area (Å²) in [5.74, 6) is 0. The molecular weight excluding hydrogens is 284 g/mol. The topological polar surface area (TPSA) is 38.9 Å². The molecule has 4 heteroatoms. The van der Waals surface area contributed by atoms with E-state index in [1.54, 1.807) is 11.3 Å². The van der Waals surface area contributed by atoms with Gasteiger partial charge in [0, 0.05) is 16.9 Å². The fourth-order valence-electron chi connectivity index (χ4n) is 1.73. The lowest BCUT2D eigenvalue weighted by molar-refractivity contribution is 0.599. The molecule has 1 atom stereocenters. The Morgan fingerprint density at radius 2 is 2.31 bits per heavy atom. The van der Waals surface area contributed by atoms with Crippen molar-refractivity contribution in [2.45, 2.75) is 32.2 Å². The van der Waals surface area contributed by atoms with Crippen LogP contribution in [0.25, 0.3) is 10.2 Å². The molecule has 0 fully saturated rings. The van der Waals surface area contributed by atoms with Crippen LogP contribution >= 0.6 is 27.3 Å². The van der Waals surface area contributed by atoms with Gasteiger partial charge in [0.15, 0.2) is 0 Å². The first-order chi connectivity index (χ1) is 7.69. The van der Waals surface area contributed by atoms with Crippen molar-refractivity contribution in [2.24, 2.45) is 5.73 Å². The highest BCUT2D eigenvalue weighted by Gasteiger charge is 2.08. The van der Waals surface area contributed by atoms with Crippen LogP contribution in [0.15, 0.2) is 22.7 Å². The van der Waals surface area contributed by atoms with Crippen LogP contribution in [-0.4, -0.2) is 11.0 Å². The molecule has 2 aromatic rings. The standard InChI is InChI=1S/C12H15BrN2S/c1-2-3-9(14)7-12-15-10-5-4-8(13)6-11(10)16-12/h4-6,9H,2-3,7,14H2,1H3. The summed E-state index contributed by atoms with van der Waals surface area (Å²) in [6, 6.07) is 6.43. The molecule has 0 aliphatic carbocycles. The van der Waals surface area contributed by atoms with Gasteiger partial charge in [-0.1, -0.05) is 29.3 Å². The zero-order chi connectivity index (χ0) is 11.5. The minimum atomic E-state index is 0.244. The normalized spacial score (nSPS) is 13.2. The molecule has 86 valence electrons. The molecule has 1 aromatic heterocycles. The molecule has 0 radical (unpaired) electrons. The third-order valence-corrected chi connectivity index (χ3v) is 4.02. The number of benzene rings is 1. The van der Waals surface area contributed by atoms with Gasteiger partial charge < -0.3 is 5.73 Å². The lowest BCUT2D eigenvalue weighted by Gasteiger charge is -2.06. The van der Waals surface area contributed by atoms with E-state index in [0.29, 0.717) is 0 Å². The summed E-state index contributed by atoms with van der Waals surface area (Å²) in [5.41, 5.74) is 7.10.